The van der Waals surface area contributed by atoms with E-state index in [1.54, 1.807) is 24.5 Å². The number of rotatable bonds is 2. The van der Waals surface area contributed by atoms with Gasteiger partial charge in [0.25, 0.3) is 0 Å². The monoisotopic (exact) mass is 215 g/mol. The van der Waals surface area contributed by atoms with Gasteiger partial charge in [0.15, 0.2) is 5.82 Å². The Morgan fingerprint density at radius 1 is 1.06 bits per heavy atom. The molecule has 2 heterocycles. The first-order valence-electron chi connectivity index (χ1n) is 4.58. The van der Waals surface area contributed by atoms with Crippen molar-refractivity contribution < 1.29 is 4.79 Å². The van der Waals surface area contributed by atoms with Crippen LogP contribution < -0.4 is 10.6 Å². The van der Waals surface area contributed by atoms with Gasteiger partial charge in [-0.3, -0.25) is 15.3 Å². The summed E-state index contributed by atoms with van der Waals surface area (Å²) in [7, 11) is 0. The van der Waals surface area contributed by atoms with Crippen LogP contribution in [-0.4, -0.2) is 21.0 Å². The van der Waals surface area contributed by atoms with E-state index in [1.165, 1.54) is 18.6 Å². The van der Waals surface area contributed by atoms with Crippen molar-refractivity contribution in [2.24, 2.45) is 0 Å². The molecule has 80 valence electrons. The normalized spacial score (nSPS) is 9.50. The molecule has 0 saturated heterocycles. The smallest absolute Gasteiger partial charge is 0.306 e. The van der Waals surface area contributed by atoms with Crippen LogP contribution >= 0.6 is 0 Å². The molecule has 0 aliphatic heterocycles. The maximum Gasteiger partial charge on any atom is 0.324 e. The van der Waals surface area contributed by atoms with E-state index < -0.39 is 0 Å². The van der Waals surface area contributed by atoms with Crippen LogP contribution in [0.3, 0.4) is 0 Å². The zero-order valence-corrected chi connectivity index (χ0v) is 8.29. The molecule has 2 amide bonds. The fraction of sp³-hybridized carbons (Fsp3) is 0. The largest absolute Gasteiger partial charge is 0.324 e. The minimum absolute atomic E-state index is 0.381. The summed E-state index contributed by atoms with van der Waals surface area (Å²) in [6, 6.07) is 3.09. The van der Waals surface area contributed by atoms with Gasteiger partial charge in [0.2, 0.25) is 0 Å². The lowest BCUT2D eigenvalue weighted by Gasteiger charge is -2.05. The number of urea groups is 1. The molecule has 0 saturated carbocycles. The molecule has 0 aromatic carbocycles. The number of nitrogens with zero attached hydrogens (tertiary/aromatic N) is 3. The number of aromatic nitrogens is 3. The first-order chi connectivity index (χ1) is 7.84. The van der Waals surface area contributed by atoms with Crippen LogP contribution in [0.1, 0.15) is 0 Å². The standard InChI is InChI=1S/C10H9N5O/c16-10(14-8-2-1-3-11-6-8)15-9-7-12-4-5-13-9/h1-7H,(H2,13,14,15,16). The molecule has 0 spiro atoms. The third-order valence-electron chi connectivity index (χ3n) is 1.72. The molecule has 0 atom stereocenters. The first kappa shape index (κ1) is 10.0. The number of amides is 2. The number of hydrogen-bond acceptors (Lipinski definition) is 4. The van der Waals surface area contributed by atoms with Gasteiger partial charge in [0, 0.05) is 18.6 Å². The molecule has 0 radical (unpaired) electrons. The summed E-state index contributed by atoms with van der Waals surface area (Å²) in [5.74, 6) is 0.392. The molecule has 0 unspecified atom stereocenters. The van der Waals surface area contributed by atoms with Crippen LogP contribution in [0.4, 0.5) is 16.3 Å². The molecular formula is C10H9N5O. The van der Waals surface area contributed by atoms with E-state index in [-0.39, 0.29) is 6.03 Å². The molecule has 0 aliphatic carbocycles. The molecule has 6 heteroatoms. The van der Waals surface area contributed by atoms with E-state index in [1.807, 2.05) is 0 Å². The van der Waals surface area contributed by atoms with Crippen molar-refractivity contribution in [2.45, 2.75) is 0 Å². The van der Waals surface area contributed by atoms with Crippen LogP contribution in [0.5, 0.6) is 0 Å². The second kappa shape index (κ2) is 4.83. The Morgan fingerprint density at radius 2 is 1.94 bits per heavy atom. The lowest BCUT2D eigenvalue weighted by atomic mass is 10.4. The topological polar surface area (TPSA) is 79.8 Å². The van der Waals surface area contributed by atoms with Crippen molar-refractivity contribution >= 4 is 17.5 Å². The molecule has 2 aromatic rings. The molecule has 0 aliphatic rings. The average Bonchev–Trinajstić information content (AvgIpc) is 2.31. The molecule has 16 heavy (non-hydrogen) atoms. The van der Waals surface area contributed by atoms with Crippen LogP contribution in [0.15, 0.2) is 43.1 Å². The average molecular weight is 215 g/mol. The fourth-order valence-electron chi connectivity index (χ4n) is 1.08. The van der Waals surface area contributed by atoms with Gasteiger partial charge in [0.1, 0.15) is 0 Å². The van der Waals surface area contributed by atoms with E-state index in [0.717, 1.165) is 0 Å². The molecular weight excluding hydrogens is 206 g/mol. The number of nitrogens with one attached hydrogen (secondary N) is 2. The summed E-state index contributed by atoms with van der Waals surface area (Å²) in [6.45, 7) is 0. The van der Waals surface area contributed by atoms with Crippen molar-refractivity contribution in [1.29, 1.82) is 0 Å². The van der Waals surface area contributed by atoms with Gasteiger partial charge in [-0.2, -0.15) is 0 Å². The number of pyridine rings is 1. The SMILES string of the molecule is O=C(Nc1cccnc1)Nc1cnccn1. The predicted octanol–water partition coefficient (Wildman–Crippen LogP) is 1.52. The van der Waals surface area contributed by atoms with Crippen molar-refractivity contribution in [3.8, 4) is 0 Å². The molecule has 2 rings (SSSR count). The molecule has 2 N–H and O–H groups in total. The predicted molar refractivity (Wildman–Crippen MR) is 58.9 cm³/mol. The highest BCUT2D eigenvalue weighted by molar-refractivity contribution is 5.98. The van der Waals surface area contributed by atoms with Crippen molar-refractivity contribution in [3.05, 3.63) is 43.1 Å². The summed E-state index contributed by atoms with van der Waals surface area (Å²) in [4.78, 5) is 23.1. The summed E-state index contributed by atoms with van der Waals surface area (Å²) in [5, 5.41) is 5.15. The highest BCUT2D eigenvalue weighted by Crippen LogP contribution is 2.04. The summed E-state index contributed by atoms with van der Waals surface area (Å²) in [5.41, 5.74) is 0.615. The Kier molecular flexibility index (Phi) is 3.03. The van der Waals surface area contributed by atoms with Gasteiger partial charge in [-0.05, 0) is 12.1 Å². The van der Waals surface area contributed by atoms with Crippen molar-refractivity contribution in [2.75, 3.05) is 10.6 Å². The Labute approximate surface area is 91.8 Å². The minimum atomic E-state index is -0.381. The Bertz CT molecular complexity index is 416. The van der Waals surface area contributed by atoms with Crippen LogP contribution in [0.2, 0.25) is 0 Å². The fourth-order valence-corrected chi connectivity index (χ4v) is 1.08. The number of carbonyl (C=O) groups is 1. The third kappa shape index (κ3) is 2.74. The van der Waals surface area contributed by atoms with Crippen molar-refractivity contribution in [3.63, 3.8) is 0 Å². The zero-order valence-electron chi connectivity index (χ0n) is 8.29. The molecule has 0 fully saturated rings. The number of carbonyl (C=O) groups excluding carboxylic acids is 1. The van der Waals surface area contributed by atoms with Gasteiger partial charge in [-0.25, -0.2) is 9.78 Å². The number of hydrogen-bond donors (Lipinski definition) is 2. The van der Waals surface area contributed by atoms with E-state index in [4.69, 9.17) is 0 Å². The van der Waals surface area contributed by atoms with Gasteiger partial charge < -0.3 is 5.32 Å². The second-order valence-corrected chi connectivity index (χ2v) is 2.91. The highest BCUT2D eigenvalue weighted by Gasteiger charge is 2.02. The van der Waals surface area contributed by atoms with Gasteiger partial charge >= 0.3 is 6.03 Å². The van der Waals surface area contributed by atoms with E-state index >= 15 is 0 Å². The second-order valence-electron chi connectivity index (χ2n) is 2.91. The molecule has 2 aromatic heterocycles. The summed E-state index contributed by atoms with van der Waals surface area (Å²) in [6.07, 6.45) is 7.68. The number of anilines is 2. The highest BCUT2D eigenvalue weighted by atomic mass is 16.2. The maximum atomic E-state index is 11.5. The zero-order chi connectivity index (χ0) is 11.2. The van der Waals surface area contributed by atoms with E-state index in [0.29, 0.717) is 11.5 Å². The van der Waals surface area contributed by atoms with E-state index in [2.05, 4.69) is 25.6 Å². The Hall–Kier alpha value is -2.50. The van der Waals surface area contributed by atoms with E-state index in [9.17, 15) is 4.79 Å². The van der Waals surface area contributed by atoms with Gasteiger partial charge in [-0.1, -0.05) is 0 Å². The Balaban J connectivity index is 1.95. The van der Waals surface area contributed by atoms with Crippen LogP contribution in [-0.2, 0) is 0 Å². The van der Waals surface area contributed by atoms with Crippen LogP contribution in [0.25, 0.3) is 0 Å². The quantitative estimate of drug-likeness (QED) is 0.795. The summed E-state index contributed by atoms with van der Waals surface area (Å²) < 4.78 is 0. The van der Waals surface area contributed by atoms with Crippen LogP contribution in [0, 0.1) is 0 Å². The van der Waals surface area contributed by atoms with Gasteiger partial charge in [-0.15, -0.1) is 0 Å². The first-order valence-corrected chi connectivity index (χ1v) is 4.58. The minimum Gasteiger partial charge on any atom is -0.306 e. The lowest BCUT2D eigenvalue weighted by Crippen LogP contribution is -2.20. The molecule has 0 bridgehead atoms. The summed E-state index contributed by atoms with van der Waals surface area (Å²) >= 11 is 0. The molecule has 6 nitrogen and oxygen atoms in total. The Morgan fingerprint density at radius 3 is 2.62 bits per heavy atom. The van der Waals surface area contributed by atoms with Crippen molar-refractivity contribution in [1.82, 2.24) is 15.0 Å². The third-order valence-corrected chi connectivity index (χ3v) is 1.72. The lowest BCUT2D eigenvalue weighted by molar-refractivity contribution is 0.262. The van der Waals surface area contributed by atoms with Gasteiger partial charge in [0.05, 0.1) is 18.1 Å². The maximum absolute atomic E-state index is 11.5.